The number of ketones is 1. The number of Topliss-reactive ketones (excluding diaryl/α,β-unsaturated/α-hetero) is 1. The minimum absolute atomic E-state index is 0.0505. The number of benzene rings is 1. The summed E-state index contributed by atoms with van der Waals surface area (Å²) in [5.74, 6) is -2.72. The zero-order valence-corrected chi connectivity index (χ0v) is 18.4. The third-order valence-electron chi connectivity index (χ3n) is 5.52. The maximum atomic E-state index is 13.2. The Bertz CT molecular complexity index is 935. The first kappa shape index (κ1) is 21.9. The van der Waals surface area contributed by atoms with Gasteiger partial charge in [-0.2, -0.15) is 0 Å². The number of thioether (sulfide) groups is 1. The molecule has 0 bridgehead atoms. The highest BCUT2D eigenvalue weighted by atomic mass is 32.2. The summed E-state index contributed by atoms with van der Waals surface area (Å²) in [4.78, 5) is 51.9. The fourth-order valence-electron chi connectivity index (χ4n) is 4.10. The summed E-state index contributed by atoms with van der Waals surface area (Å²) < 4.78 is 9.78. The molecule has 0 radical (unpaired) electrons. The predicted octanol–water partition coefficient (Wildman–Crippen LogP) is 1.22. The van der Waals surface area contributed by atoms with E-state index in [4.69, 9.17) is 9.47 Å². The number of methoxy groups -OCH3 is 2. The summed E-state index contributed by atoms with van der Waals surface area (Å²) in [6, 6.07) is 2.18. The molecule has 1 aromatic carbocycles. The van der Waals surface area contributed by atoms with Crippen LogP contribution in [0.1, 0.15) is 36.7 Å². The van der Waals surface area contributed by atoms with Gasteiger partial charge in [0.15, 0.2) is 5.78 Å². The highest BCUT2D eigenvalue weighted by molar-refractivity contribution is 8.01. The molecule has 3 rings (SSSR count). The molecule has 1 aromatic rings. The fourth-order valence-corrected chi connectivity index (χ4v) is 5.85. The van der Waals surface area contributed by atoms with Crippen LogP contribution in [0.5, 0.6) is 11.5 Å². The number of hydrogen-bond donors (Lipinski definition) is 2. The van der Waals surface area contributed by atoms with Crippen molar-refractivity contribution in [2.24, 2.45) is 0 Å². The quantitative estimate of drug-likeness (QED) is 0.504. The second-order valence-electron chi connectivity index (χ2n) is 7.89. The van der Waals surface area contributed by atoms with Crippen molar-refractivity contribution in [3.05, 3.63) is 23.3 Å². The van der Waals surface area contributed by atoms with Gasteiger partial charge in [0, 0.05) is 4.75 Å². The van der Waals surface area contributed by atoms with Gasteiger partial charge in [0.25, 0.3) is 11.8 Å². The van der Waals surface area contributed by atoms with E-state index >= 15 is 0 Å². The summed E-state index contributed by atoms with van der Waals surface area (Å²) in [6.45, 7) is 6.41. The second kappa shape index (κ2) is 7.19. The van der Waals surface area contributed by atoms with E-state index in [2.05, 4.69) is 5.32 Å². The molecule has 2 fully saturated rings. The monoisotopic (exact) mass is 436 g/mol. The van der Waals surface area contributed by atoms with Gasteiger partial charge in [0.2, 0.25) is 5.54 Å². The number of rotatable bonds is 6. The summed E-state index contributed by atoms with van der Waals surface area (Å²) >= 11 is 1.18. The zero-order valence-electron chi connectivity index (χ0n) is 17.6. The van der Waals surface area contributed by atoms with Crippen LogP contribution in [0, 0.1) is 6.92 Å². The van der Waals surface area contributed by atoms with Crippen LogP contribution in [-0.4, -0.2) is 69.5 Å². The third-order valence-corrected chi connectivity index (χ3v) is 7.16. The Kier molecular flexibility index (Phi) is 5.26. The molecule has 2 saturated heterocycles. The zero-order chi connectivity index (χ0) is 22.6. The summed E-state index contributed by atoms with van der Waals surface area (Å²) in [6.07, 6.45) is 0. The van der Waals surface area contributed by atoms with E-state index < -0.39 is 45.3 Å². The lowest BCUT2D eigenvalue weighted by Gasteiger charge is -2.51. The summed E-state index contributed by atoms with van der Waals surface area (Å²) in [7, 11) is 2.80. The Morgan fingerprint density at radius 2 is 1.70 bits per heavy atom. The van der Waals surface area contributed by atoms with Gasteiger partial charge in [-0.25, -0.2) is 4.79 Å². The van der Waals surface area contributed by atoms with Crippen molar-refractivity contribution < 1.29 is 33.8 Å². The molecule has 2 amide bonds. The maximum absolute atomic E-state index is 13.2. The average molecular weight is 436 g/mol. The van der Waals surface area contributed by atoms with Gasteiger partial charge in [-0.3, -0.25) is 14.4 Å². The summed E-state index contributed by atoms with van der Waals surface area (Å²) in [5, 5.41) is 11.4. The van der Waals surface area contributed by atoms with E-state index in [1.54, 1.807) is 32.9 Å². The van der Waals surface area contributed by atoms with Gasteiger partial charge in [-0.1, -0.05) is 0 Å². The van der Waals surface area contributed by atoms with Gasteiger partial charge in [0.05, 0.1) is 14.2 Å². The molecule has 0 saturated carbocycles. The predicted molar refractivity (Wildman–Crippen MR) is 109 cm³/mol. The largest absolute Gasteiger partial charge is 0.496 e. The molecule has 0 aromatic heterocycles. The lowest BCUT2D eigenvalue weighted by molar-refractivity contribution is -0.170. The van der Waals surface area contributed by atoms with Crippen molar-refractivity contribution in [3.63, 3.8) is 0 Å². The van der Waals surface area contributed by atoms with E-state index in [-0.39, 0.29) is 17.1 Å². The van der Waals surface area contributed by atoms with E-state index in [0.29, 0.717) is 0 Å². The lowest BCUT2D eigenvalue weighted by Crippen LogP contribution is -2.82. The van der Waals surface area contributed by atoms with Crippen molar-refractivity contribution in [2.75, 3.05) is 14.2 Å². The van der Waals surface area contributed by atoms with Crippen LogP contribution in [0.15, 0.2) is 12.1 Å². The van der Waals surface area contributed by atoms with Gasteiger partial charge >= 0.3 is 5.97 Å². The van der Waals surface area contributed by atoms with E-state index in [1.807, 2.05) is 0 Å². The van der Waals surface area contributed by atoms with Crippen LogP contribution in [0.25, 0.3) is 0 Å². The Labute approximate surface area is 178 Å². The van der Waals surface area contributed by atoms with Gasteiger partial charge in [-0.05, 0) is 45.4 Å². The maximum Gasteiger partial charge on any atom is 0.327 e. The molecule has 0 aliphatic carbocycles. The highest BCUT2D eigenvalue weighted by Crippen LogP contribution is 2.55. The first-order valence-corrected chi connectivity index (χ1v) is 10.1. The van der Waals surface area contributed by atoms with Crippen LogP contribution < -0.4 is 14.8 Å². The molecule has 2 heterocycles. The number of ether oxygens (including phenoxy) is 2. The van der Waals surface area contributed by atoms with Crippen LogP contribution in [0.2, 0.25) is 0 Å². The number of carboxylic acid groups (broad SMARTS) is 1. The van der Waals surface area contributed by atoms with Gasteiger partial charge in [-0.15, -0.1) is 11.8 Å². The smallest absolute Gasteiger partial charge is 0.327 e. The van der Waals surface area contributed by atoms with Crippen LogP contribution in [0.4, 0.5) is 0 Å². The van der Waals surface area contributed by atoms with Crippen molar-refractivity contribution >= 4 is 35.3 Å². The molecular formula is C20H24N2O7S. The Hall–Kier alpha value is -2.75. The van der Waals surface area contributed by atoms with Gasteiger partial charge < -0.3 is 24.8 Å². The normalized spacial score (nSPS) is 26.5. The molecule has 2 N–H and O–H groups in total. The first-order valence-electron chi connectivity index (χ1n) is 9.22. The number of nitrogens with one attached hydrogen (secondary N) is 1. The number of carbonyl (C=O) groups excluding carboxylic acids is 3. The van der Waals surface area contributed by atoms with E-state index in [0.717, 1.165) is 10.5 Å². The number of aryl methyl sites for hydroxylation is 1. The number of β-lactam (4-membered cyclic amide) rings is 1. The van der Waals surface area contributed by atoms with Crippen LogP contribution in [0.3, 0.4) is 0 Å². The van der Waals surface area contributed by atoms with Crippen molar-refractivity contribution in [1.82, 2.24) is 10.2 Å². The molecule has 30 heavy (non-hydrogen) atoms. The number of carboxylic acids is 1. The lowest BCUT2D eigenvalue weighted by atomic mass is 9.81. The molecule has 3 atom stereocenters. The number of nitrogens with zero attached hydrogens (tertiary/aromatic N) is 1. The SMILES string of the molecule is COc1cc(C)cc(OC)c1C(=O)N[C@@]1(C(C)=O)C(=O)N2[C@@H](C(=O)O)C(C)(C)S[C@@H]21. The third kappa shape index (κ3) is 2.92. The van der Waals surface area contributed by atoms with E-state index in [1.165, 1.54) is 32.9 Å². The molecule has 0 unspecified atom stereocenters. The standard InChI is InChI=1S/C20H24N2O7S/c1-9-7-11(28-5)13(12(8-9)29-6)15(24)21-20(10(2)23)17(27)22-14(16(25)26)19(3,4)30-18(20)22/h7-8,14,18H,1-6H3,(H,21,24)(H,25,26)/t14-,18+,20-/m0/s1. The molecule has 2 aliphatic rings. The Morgan fingerprint density at radius 1 is 1.17 bits per heavy atom. The van der Waals surface area contributed by atoms with E-state index in [9.17, 15) is 24.3 Å². The molecule has 162 valence electrons. The second-order valence-corrected chi connectivity index (χ2v) is 9.62. The van der Waals surface area contributed by atoms with Crippen molar-refractivity contribution in [2.45, 2.75) is 49.4 Å². The summed E-state index contributed by atoms with van der Waals surface area (Å²) in [5.41, 5.74) is -1.01. The molecule has 0 spiro atoms. The van der Waals surface area contributed by atoms with Crippen molar-refractivity contribution in [3.8, 4) is 11.5 Å². The number of amides is 2. The average Bonchev–Trinajstić information content (AvgIpc) is 2.93. The topological polar surface area (TPSA) is 122 Å². The Morgan fingerprint density at radius 3 is 2.13 bits per heavy atom. The number of carbonyl (C=O) groups is 4. The van der Waals surface area contributed by atoms with Crippen molar-refractivity contribution in [1.29, 1.82) is 0 Å². The van der Waals surface area contributed by atoms with Gasteiger partial charge in [0.1, 0.15) is 28.5 Å². The van der Waals surface area contributed by atoms with Crippen LogP contribution >= 0.6 is 11.8 Å². The molecular weight excluding hydrogens is 412 g/mol. The number of fused-ring (bicyclic) bond motifs is 1. The molecule has 10 heteroatoms. The fraction of sp³-hybridized carbons (Fsp3) is 0.500. The highest BCUT2D eigenvalue weighted by Gasteiger charge is 2.74. The van der Waals surface area contributed by atoms with Crippen LogP contribution in [-0.2, 0) is 14.4 Å². The minimum Gasteiger partial charge on any atom is -0.496 e. The molecule has 2 aliphatic heterocycles. The number of aliphatic carboxylic acids is 1. The Balaban J connectivity index is 2.03. The number of hydrogen-bond acceptors (Lipinski definition) is 7. The minimum atomic E-state index is -1.86. The molecule has 9 nitrogen and oxygen atoms in total. The first-order chi connectivity index (χ1) is 13.9.